The second-order valence-electron chi connectivity index (χ2n) is 6.63. The first-order valence-electron chi connectivity index (χ1n) is 8.46. The molecule has 126 valence electrons. The highest BCUT2D eigenvalue weighted by atomic mass is 16.4. The van der Waals surface area contributed by atoms with Gasteiger partial charge in [0.15, 0.2) is 0 Å². The van der Waals surface area contributed by atoms with Crippen molar-refractivity contribution in [2.75, 3.05) is 0 Å². The van der Waals surface area contributed by atoms with Crippen molar-refractivity contribution in [1.29, 1.82) is 0 Å². The lowest BCUT2D eigenvalue weighted by molar-refractivity contribution is -0.144. The highest BCUT2D eigenvalue weighted by molar-refractivity contribution is 5.81. The Morgan fingerprint density at radius 3 is 2.42 bits per heavy atom. The van der Waals surface area contributed by atoms with Gasteiger partial charge in [-0.05, 0) is 54.4 Å². The minimum atomic E-state index is -1.17. The molecular formula is C20H24N2O2. The summed E-state index contributed by atoms with van der Waals surface area (Å²) in [6, 6.07) is 16.3. The molecule has 5 N–H and O–H groups in total. The molecule has 0 saturated carbocycles. The molecule has 24 heavy (non-hydrogen) atoms. The van der Waals surface area contributed by atoms with E-state index in [9.17, 15) is 4.79 Å². The molecule has 2 aliphatic carbocycles. The summed E-state index contributed by atoms with van der Waals surface area (Å²) >= 11 is 0. The van der Waals surface area contributed by atoms with Crippen LogP contribution in [-0.4, -0.2) is 11.1 Å². The van der Waals surface area contributed by atoms with Crippen LogP contribution in [0.3, 0.4) is 0 Å². The third kappa shape index (κ3) is 3.07. The minimum absolute atomic E-state index is 0.302. The molecular weight excluding hydrogens is 300 g/mol. The van der Waals surface area contributed by atoms with Gasteiger partial charge in [0.2, 0.25) is 0 Å². The summed E-state index contributed by atoms with van der Waals surface area (Å²) in [7, 11) is 0. The second-order valence-corrected chi connectivity index (χ2v) is 6.63. The number of carboxylic acid groups (broad SMARTS) is 1. The van der Waals surface area contributed by atoms with E-state index in [0.717, 1.165) is 36.8 Å². The summed E-state index contributed by atoms with van der Waals surface area (Å²) in [5.41, 5.74) is 15.2. The number of hydrogen-bond donors (Lipinski definition) is 3. The van der Waals surface area contributed by atoms with Crippen LogP contribution in [0, 0.1) is 0 Å². The summed E-state index contributed by atoms with van der Waals surface area (Å²) in [4.78, 5) is 11.1. The molecule has 0 spiro atoms. The molecule has 0 heterocycles. The lowest BCUT2D eigenvalue weighted by Crippen LogP contribution is -2.47. The Morgan fingerprint density at radius 2 is 1.71 bits per heavy atom. The van der Waals surface area contributed by atoms with Gasteiger partial charge >= 0.3 is 5.97 Å². The smallest absolute Gasteiger partial charge is 0.328 e. The van der Waals surface area contributed by atoms with Gasteiger partial charge in [-0.2, -0.15) is 0 Å². The normalized spacial score (nSPS) is 24.3. The molecule has 2 atom stereocenters. The van der Waals surface area contributed by atoms with Gasteiger partial charge in [-0.3, -0.25) is 0 Å². The molecule has 2 unspecified atom stereocenters. The molecule has 0 aromatic heterocycles. The van der Waals surface area contributed by atoms with E-state index in [0.29, 0.717) is 12.5 Å². The van der Waals surface area contributed by atoms with Gasteiger partial charge in [0.05, 0.1) is 0 Å². The zero-order valence-electron chi connectivity index (χ0n) is 13.7. The van der Waals surface area contributed by atoms with E-state index in [1.807, 2.05) is 24.3 Å². The number of rotatable bonds is 1. The number of nitrogens with two attached hydrogens (primary N) is 2. The summed E-state index contributed by atoms with van der Waals surface area (Å²) in [6.07, 6.45) is 4.60. The number of carbonyl (C=O) groups is 1. The van der Waals surface area contributed by atoms with Crippen molar-refractivity contribution in [2.45, 2.75) is 43.7 Å². The minimum Gasteiger partial charge on any atom is -0.480 e. The van der Waals surface area contributed by atoms with Crippen molar-refractivity contribution in [3.05, 3.63) is 70.8 Å². The SMILES string of the molecule is NC1(C(=O)O)CCCc2ccccc21.NC1CCc2ccccc21. The molecule has 0 aliphatic heterocycles. The van der Waals surface area contributed by atoms with Crippen LogP contribution in [0.25, 0.3) is 0 Å². The molecule has 0 saturated heterocycles. The fourth-order valence-corrected chi connectivity index (χ4v) is 3.68. The van der Waals surface area contributed by atoms with E-state index in [2.05, 4.69) is 24.3 Å². The number of fused-ring (bicyclic) bond motifs is 2. The average Bonchev–Trinajstić information content (AvgIpc) is 2.98. The van der Waals surface area contributed by atoms with E-state index in [-0.39, 0.29) is 0 Å². The maximum absolute atomic E-state index is 11.1. The molecule has 0 fully saturated rings. The fourth-order valence-electron chi connectivity index (χ4n) is 3.68. The fraction of sp³-hybridized carbons (Fsp3) is 0.350. The van der Waals surface area contributed by atoms with Crippen LogP contribution in [0.5, 0.6) is 0 Å². The van der Waals surface area contributed by atoms with Gasteiger partial charge in [-0.25, -0.2) is 4.79 Å². The van der Waals surface area contributed by atoms with Crippen molar-refractivity contribution < 1.29 is 9.90 Å². The van der Waals surface area contributed by atoms with Crippen LogP contribution >= 0.6 is 0 Å². The first-order chi connectivity index (χ1) is 11.5. The van der Waals surface area contributed by atoms with Gasteiger partial charge < -0.3 is 16.6 Å². The highest BCUT2D eigenvalue weighted by Crippen LogP contribution is 2.33. The van der Waals surface area contributed by atoms with Gasteiger partial charge in [0.25, 0.3) is 0 Å². The maximum Gasteiger partial charge on any atom is 0.328 e. The Balaban J connectivity index is 0.000000149. The Labute approximate surface area is 142 Å². The Morgan fingerprint density at radius 1 is 1.04 bits per heavy atom. The van der Waals surface area contributed by atoms with Gasteiger partial charge in [0, 0.05) is 6.04 Å². The predicted molar refractivity (Wildman–Crippen MR) is 94.6 cm³/mol. The molecule has 2 aromatic carbocycles. The largest absolute Gasteiger partial charge is 0.480 e. The molecule has 2 aliphatic rings. The van der Waals surface area contributed by atoms with Crippen molar-refractivity contribution in [3.8, 4) is 0 Å². The lowest BCUT2D eigenvalue weighted by atomic mass is 9.77. The molecule has 0 amide bonds. The van der Waals surface area contributed by atoms with Crippen LogP contribution in [0.4, 0.5) is 0 Å². The third-order valence-corrected chi connectivity index (χ3v) is 5.08. The quantitative estimate of drug-likeness (QED) is 0.752. The average molecular weight is 324 g/mol. The number of aliphatic carboxylic acids is 1. The van der Waals surface area contributed by atoms with Crippen molar-refractivity contribution in [3.63, 3.8) is 0 Å². The van der Waals surface area contributed by atoms with Crippen molar-refractivity contribution in [1.82, 2.24) is 0 Å². The van der Waals surface area contributed by atoms with Crippen molar-refractivity contribution >= 4 is 5.97 Å². The van der Waals surface area contributed by atoms with Crippen LogP contribution in [0.1, 0.15) is 47.6 Å². The van der Waals surface area contributed by atoms with E-state index in [4.69, 9.17) is 16.6 Å². The summed E-state index contributed by atoms with van der Waals surface area (Å²) < 4.78 is 0. The van der Waals surface area contributed by atoms with Crippen LogP contribution in [0.15, 0.2) is 48.5 Å². The zero-order chi connectivity index (χ0) is 17.2. The Hall–Kier alpha value is -2.17. The maximum atomic E-state index is 11.1. The van der Waals surface area contributed by atoms with Gasteiger partial charge in [-0.15, -0.1) is 0 Å². The third-order valence-electron chi connectivity index (χ3n) is 5.08. The Bertz CT molecular complexity index is 744. The lowest BCUT2D eigenvalue weighted by Gasteiger charge is -2.31. The monoisotopic (exact) mass is 324 g/mol. The summed E-state index contributed by atoms with van der Waals surface area (Å²) in [5.74, 6) is -0.926. The first-order valence-corrected chi connectivity index (χ1v) is 8.46. The van der Waals surface area contributed by atoms with Crippen LogP contribution in [-0.2, 0) is 23.2 Å². The van der Waals surface area contributed by atoms with Crippen LogP contribution < -0.4 is 11.5 Å². The van der Waals surface area contributed by atoms with E-state index >= 15 is 0 Å². The molecule has 0 bridgehead atoms. The number of benzene rings is 2. The number of aryl methyl sites for hydroxylation is 2. The molecule has 0 radical (unpaired) electrons. The van der Waals surface area contributed by atoms with Crippen molar-refractivity contribution in [2.24, 2.45) is 11.5 Å². The standard InChI is InChI=1S/C11H13NO2.C9H11N/c12-11(10(13)14)7-3-5-8-4-1-2-6-9(8)11;10-9-6-5-7-3-1-2-4-8(7)9/h1-2,4,6H,3,5,7,12H2,(H,13,14);1-4,9H,5-6,10H2. The van der Waals surface area contributed by atoms with E-state index in [1.54, 1.807) is 0 Å². The highest BCUT2D eigenvalue weighted by Gasteiger charge is 2.39. The molecule has 4 nitrogen and oxygen atoms in total. The molecule has 2 aromatic rings. The predicted octanol–water partition coefficient (Wildman–Crippen LogP) is 2.89. The Kier molecular flexibility index (Phi) is 4.69. The van der Waals surface area contributed by atoms with E-state index < -0.39 is 11.5 Å². The zero-order valence-corrected chi connectivity index (χ0v) is 13.7. The first kappa shape index (κ1) is 16.7. The van der Waals surface area contributed by atoms with E-state index in [1.165, 1.54) is 11.1 Å². The van der Waals surface area contributed by atoms with Gasteiger partial charge in [0.1, 0.15) is 5.54 Å². The summed E-state index contributed by atoms with van der Waals surface area (Å²) in [6.45, 7) is 0. The number of carboxylic acids is 1. The second kappa shape index (κ2) is 6.75. The summed E-state index contributed by atoms with van der Waals surface area (Å²) in [5, 5.41) is 9.12. The topological polar surface area (TPSA) is 89.3 Å². The van der Waals surface area contributed by atoms with Crippen LogP contribution in [0.2, 0.25) is 0 Å². The molecule has 4 heteroatoms. The molecule has 4 rings (SSSR count). The number of hydrogen-bond acceptors (Lipinski definition) is 3. The van der Waals surface area contributed by atoms with Gasteiger partial charge in [-0.1, -0.05) is 48.5 Å².